The van der Waals surface area contributed by atoms with Crippen LogP contribution in [-0.2, 0) is 21.4 Å². The number of sulfonamides is 1. The van der Waals surface area contributed by atoms with Gasteiger partial charge in [-0.25, -0.2) is 13.1 Å². The molecule has 1 atom stereocenters. The predicted octanol–water partition coefficient (Wildman–Crippen LogP) is 1.50. The van der Waals surface area contributed by atoms with Crippen LogP contribution < -0.4 is 14.4 Å². The second kappa shape index (κ2) is 5.71. The molecule has 0 saturated heterocycles. The Hall–Kier alpha value is -2.32. The molecule has 3 rings (SSSR count). The molecule has 1 aliphatic rings. The number of benzene rings is 1. The molecule has 1 N–H and O–H groups in total. The number of ether oxygens (including phenoxy) is 1. The summed E-state index contributed by atoms with van der Waals surface area (Å²) in [6.45, 7) is 1.70. The van der Waals surface area contributed by atoms with E-state index in [2.05, 4.69) is 4.72 Å². The summed E-state index contributed by atoms with van der Waals surface area (Å²) in [6.07, 6.45) is 0.883. The minimum Gasteiger partial charge on any atom is -0.479 e. The van der Waals surface area contributed by atoms with Crippen LogP contribution in [0.5, 0.6) is 5.75 Å². The number of hydrogen-bond donors (Lipinski definition) is 1. The van der Waals surface area contributed by atoms with E-state index in [1.165, 1.54) is 23.3 Å². The molecule has 122 valence electrons. The van der Waals surface area contributed by atoms with E-state index >= 15 is 0 Å². The van der Waals surface area contributed by atoms with Crippen molar-refractivity contribution in [3.63, 3.8) is 0 Å². The summed E-state index contributed by atoms with van der Waals surface area (Å²) >= 11 is 0. The zero-order valence-electron chi connectivity index (χ0n) is 12.6. The molecular formula is C15H16N2O5S. The van der Waals surface area contributed by atoms with Crippen LogP contribution in [0, 0.1) is 0 Å². The van der Waals surface area contributed by atoms with Gasteiger partial charge in [-0.2, -0.15) is 0 Å². The van der Waals surface area contributed by atoms with Crippen LogP contribution in [0.25, 0.3) is 0 Å². The summed E-state index contributed by atoms with van der Waals surface area (Å²) in [6, 6.07) is 7.78. The number of hydrogen-bond acceptors (Lipinski definition) is 5. The molecule has 1 amide bonds. The average Bonchev–Trinajstić information content (AvgIpc) is 3.04. The molecule has 1 aromatic heterocycles. The summed E-state index contributed by atoms with van der Waals surface area (Å²) in [5, 5.41) is 0. The van der Waals surface area contributed by atoms with Crippen LogP contribution >= 0.6 is 0 Å². The van der Waals surface area contributed by atoms with Crippen molar-refractivity contribution in [3.8, 4) is 5.75 Å². The van der Waals surface area contributed by atoms with Crippen molar-refractivity contribution in [1.29, 1.82) is 0 Å². The minimum atomic E-state index is -3.73. The number of anilines is 1. The Labute approximate surface area is 133 Å². The monoisotopic (exact) mass is 336 g/mol. The largest absolute Gasteiger partial charge is 0.479 e. The van der Waals surface area contributed by atoms with Crippen LogP contribution in [0.15, 0.2) is 45.9 Å². The SMILES string of the molecule is CC1Oc2ccc(S(=O)(=O)NCc3ccco3)cc2N(C)C1=O. The maximum Gasteiger partial charge on any atom is 0.267 e. The average molecular weight is 336 g/mol. The molecule has 2 aromatic rings. The van der Waals surface area contributed by atoms with Crippen LogP contribution in [0.3, 0.4) is 0 Å². The van der Waals surface area contributed by atoms with Crippen molar-refractivity contribution in [2.24, 2.45) is 0 Å². The number of amides is 1. The highest BCUT2D eigenvalue weighted by Gasteiger charge is 2.30. The summed E-state index contributed by atoms with van der Waals surface area (Å²) < 4.78 is 37.8. The Morgan fingerprint density at radius 1 is 1.30 bits per heavy atom. The normalized spacial score (nSPS) is 17.7. The van der Waals surface area contributed by atoms with Crippen LogP contribution in [0.1, 0.15) is 12.7 Å². The van der Waals surface area contributed by atoms with Crippen molar-refractivity contribution < 1.29 is 22.4 Å². The van der Waals surface area contributed by atoms with Gasteiger partial charge >= 0.3 is 0 Å². The highest BCUT2D eigenvalue weighted by molar-refractivity contribution is 7.89. The molecule has 1 unspecified atom stereocenters. The molecule has 0 fully saturated rings. The number of fused-ring (bicyclic) bond motifs is 1. The Bertz CT molecular complexity index is 830. The molecule has 0 aliphatic carbocycles. The molecule has 0 spiro atoms. The minimum absolute atomic E-state index is 0.0503. The van der Waals surface area contributed by atoms with E-state index in [9.17, 15) is 13.2 Å². The van der Waals surface area contributed by atoms with E-state index in [0.717, 1.165) is 0 Å². The van der Waals surface area contributed by atoms with Gasteiger partial charge in [-0.1, -0.05) is 0 Å². The Balaban J connectivity index is 1.87. The van der Waals surface area contributed by atoms with Crippen LogP contribution in [-0.4, -0.2) is 27.5 Å². The Morgan fingerprint density at radius 3 is 2.78 bits per heavy atom. The zero-order chi connectivity index (χ0) is 16.6. The molecular weight excluding hydrogens is 320 g/mol. The van der Waals surface area contributed by atoms with Crippen molar-refractivity contribution in [3.05, 3.63) is 42.4 Å². The van der Waals surface area contributed by atoms with E-state index in [1.54, 1.807) is 32.2 Å². The van der Waals surface area contributed by atoms with Gasteiger partial charge in [0.05, 0.1) is 23.4 Å². The Kier molecular flexibility index (Phi) is 3.87. The summed E-state index contributed by atoms with van der Waals surface area (Å²) in [4.78, 5) is 13.4. The molecule has 1 aromatic carbocycles. The second-order valence-electron chi connectivity index (χ2n) is 5.19. The van der Waals surface area contributed by atoms with E-state index in [4.69, 9.17) is 9.15 Å². The topological polar surface area (TPSA) is 88.8 Å². The van der Waals surface area contributed by atoms with E-state index < -0.39 is 16.1 Å². The first kappa shape index (κ1) is 15.6. The maximum absolute atomic E-state index is 12.4. The predicted molar refractivity (Wildman–Crippen MR) is 82.7 cm³/mol. The van der Waals surface area contributed by atoms with Gasteiger partial charge in [-0.15, -0.1) is 0 Å². The lowest BCUT2D eigenvalue weighted by Crippen LogP contribution is -2.42. The van der Waals surface area contributed by atoms with Crippen molar-refractivity contribution in [2.75, 3.05) is 11.9 Å². The first-order chi connectivity index (χ1) is 10.9. The van der Waals surface area contributed by atoms with Crippen LogP contribution in [0.4, 0.5) is 5.69 Å². The van der Waals surface area contributed by atoms with Gasteiger partial charge in [0, 0.05) is 7.05 Å². The third-order valence-electron chi connectivity index (χ3n) is 3.60. The van der Waals surface area contributed by atoms with Gasteiger partial charge in [0.1, 0.15) is 11.5 Å². The smallest absolute Gasteiger partial charge is 0.267 e. The summed E-state index contributed by atoms with van der Waals surface area (Å²) in [5.74, 6) is 0.760. The summed E-state index contributed by atoms with van der Waals surface area (Å²) in [7, 11) is -2.14. The third-order valence-corrected chi connectivity index (χ3v) is 5.00. The molecule has 0 radical (unpaired) electrons. The molecule has 8 heteroatoms. The first-order valence-electron chi connectivity index (χ1n) is 6.99. The van der Waals surface area contributed by atoms with E-state index in [1.807, 2.05) is 0 Å². The van der Waals surface area contributed by atoms with Crippen molar-refractivity contribution >= 4 is 21.6 Å². The number of carbonyl (C=O) groups is 1. The molecule has 2 heterocycles. The standard InChI is InChI=1S/C15H16N2O5S/c1-10-15(18)17(2)13-8-12(5-6-14(13)22-10)23(19,20)16-9-11-4-3-7-21-11/h3-8,10,16H,9H2,1-2H3. The number of rotatable bonds is 4. The number of nitrogens with one attached hydrogen (secondary N) is 1. The highest BCUT2D eigenvalue weighted by atomic mass is 32.2. The number of likely N-dealkylation sites (N-methyl/N-ethyl adjacent to an activating group) is 1. The van der Waals surface area contributed by atoms with Gasteiger partial charge < -0.3 is 14.1 Å². The van der Waals surface area contributed by atoms with Crippen LogP contribution in [0.2, 0.25) is 0 Å². The lowest BCUT2D eigenvalue weighted by Gasteiger charge is -2.30. The van der Waals surface area contributed by atoms with Gasteiger partial charge in [-0.3, -0.25) is 4.79 Å². The fourth-order valence-corrected chi connectivity index (χ4v) is 3.33. The quantitative estimate of drug-likeness (QED) is 0.914. The second-order valence-corrected chi connectivity index (χ2v) is 6.96. The third kappa shape index (κ3) is 2.95. The van der Waals surface area contributed by atoms with Crippen molar-refractivity contribution in [2.45, 2.75) is 24.5 Å². The fourth-order valence-electron chi connectivity index (χ4n) is 2.32. The lowest BCUT2D eigenvalue weighted by molar-refractivity contribution is -0.125. The number of nitrogens with zero attached hydrogens (tertiary/aromatic N) is 1. The zero-order valence-corrected chi connectivity index (χ0v) is 13.5. The summed E-state index contributed by atoms with van der Waals surface area (Å²) in [5.41, 5.74) is 0.425. The van der Waals surface area contributed by atoms with Gasteiger partial charge in [0.15, 0.2) is 6.10 Å². The van der Waals surface area contributed by atoms with Gasteiger partial charge in [0.2, 0.25) is 10.0 Å². The van der Waals surface area contributed by atoms with Gasteiger partial charge in [-0.05, 0) is 37.3 Å². The highest BCUT2D eigenvalue weighted by Crippen LogP contribution is 2.35. The lowest BCUT2D eigenvalue weighted by atomic mass is 10.2. The molecule has 0 bridgehead atoms. The maximum atomic E-state index is 12.4. The fraction of sp³-hybridized carbons (Fsp3) is 0.267. The van der Waals surface area contributed by atoms with Gasteiger partial charge in [0.25, 0.3) is 5.91 Å². The molecule has 0 saturated carbocycles. The first-order valence-corrected chi connectivity index (χ1v) is 8.47. The number of furan rings is 1. The van der Waals surface area contributed by atoms with E-state index in [-0.39, 0.29) is 17.3 Å². The number of carbonyl (C=O) groups excluding carboxylic acids is 1. The Morgan fingerprint density at radius 2 is 2.09 bits per heavy atom. The molecule has 23 heavy (non-hydrogen) atoms. The molecule has 7 nitrogen and oxygen atoms in total. The van der Waals surface area contributed by atoms with Crippen molar-refractivity contribution in [1.82, 2.24) is 4.72 Å². The van der Waals surface area contributed by atoms with E-state index in [0.29, 0.717) is 17.2 Å². The molecule has 1 aliphatic heterocycles.